The van der Waals surface area contributed by atoms with Crippen molar-refractivity contribution in [2.24, 2.45) is 0 Å². The maximum atomic E-state index is 13.6. The zero-order valence-corrected chi connectivity index (χ0v) is 14.9. The van der Waals surface area contributed by atoms with E-state index in [1.165, 1.54) is 18.4 Å². The van der Waals surface area contributed by atoms with Gasteiger partial charge in [0, 0.05) is 12.2 Å². The van der Waals surface area contributed by atoms with Crippen molar-refractivity contribution in [2.75, 3.05) is 24.5 Å². The van der Waals surface area contributed by atoms with Crippen molar-refractivity contribution in [3.05, 3.63) is 65.7 Å². The summed E-state index contributed by atoms with van der Waals surface area (Å²) in [5.74, 6) is 0.745. The molecule has 25 heavy (non-hydrogen) atoms. The van der Waals surface area contributed by atoms with Crippen molar-refractivity contribution in [3.63, 3.8) is 0 Å². The van der Waals surface area contributed by atoms with Gasteiger partial charge < -0.3 is 4.90 Å². The van der Waals surface area contributed by atoms with Crippen LogP contribution >= 0.6 is 0 Å². The first-order valence-corrected chi connectivity index (χ1v) is 9.45. The molecule has 0 spiro atoms. The van der Waals surface area contributed by atoms with Crippen molar-refractivity contribution in [1.29, 1.82) is 0 Å². The Morgan fingerprint density at radius 1 is 0.960 bits per heavy atom. The summed E-state index contributed by atoms with van der Waals surface area (Å²) < 4.78 is 0. The quantitative estimate of drug-likeness (QED) is 0.832. The molecule has 2 aromatic carbocycles. The molecule has 0 aromatic heterocycles. The lowest BCUT2D eigenvalue weighted by atomic mass is 9.90. The minimum atomic E-state index is -0.162. The maximum Gasteiger partial charge on any atom is 0.248 e. The summed E-state index contributed by atoms with van der Waals surface area (Å²) >= 11 is 0. The van der Waals surface area contributed by atoms with Crippen molar-refractivity contribution >= 4 is 11.6 Å². The number of likely N-dealkylation sites (tertiary alicyclic amines) is 1. The van der Waals surface area contributed by atoms with Crippen LogP contribution in [0.5, 0.6) is 0 Å². The highest BCUT2D eigenvalue weighted by Gasteiger charge is 2.35. The summed E-state index contributed by atoms with van der Waals surface area (Å²) in [7, 11) is 0. The average molecular weight is 334 g/mol. The van der Waals surface area contributed by atoms with Crippen LogP contribution in [0.1, 0.15) is 49.3 Å². The fourth-order valence-corrected chi connectivity index (χ4v) is 4.27. The number of carbonyl (C=O) groups excluding carboxylic acids is 1. The Balaban J connectivity index is 1.71. The molecule has 3 nitrogen and oxygen atoms in total. The molecule has 1 fully saturated rings. The van der Waals surface area contributed by atoms with Gasteiger partial charge in [0.05, 0.1) is 0 Å². The second-order valence-electron chi connectivity index (χ2n) is 7.29. The van der Waals surface area contributed by atoms with E-state index in [-0.39, 0.29) is 11.9 Å². The van der Waals surface area contributed by atoms with Crippen LogP contribution < -0.4 is 4.90 Å². The van der Waals surface area contributed by atoms with Crippen LogP contribution in [0.4, 0.5) is 5.69 Å². The SMILES string of the molecule is CC1CCN(C(=O)C(c2ccccc2)N2CCCC2)c2ccccc21. The highest BCUT2D eigenvalue weighted by Crippen LogP contribution is 2.37. The molecule has 1 saturated heterocycles. The molecule has 0 aliphatic carbocycles. The molecule has 1 amide bonds. The van der Waals surface area contributed by atoms with Crippen LogP contribution in [-0.4, -0.2) is 30.4 Å². The van der Waals surface area contributed by atoms with E-state index in [9.17, 15) is 4.79 Å². The van der Waals surface area contributed by atoms with Crippen molar-refractivity contribution < 1.29 is 4.79 Å². The second kappa shape index (κ2) is 7.01. The van der Waals surface area contributed by atoms with Crippen molar-refractivity contribution in [2.45, 2.75) is 38.1 Å². The molecule has 4 rings (SSSR count). The first-order chi connectivity index (χ1) is 12.3. The average Bonchev–Trinajstić information content (AvgIpc) is 3.17. The summed E-state index contributed by atoms with van der Waals surface area (Å²) in [4.78, 5) is 18.0. The summed E-state index contributed by atoms with van der Waals surface area (Å²) in [5.41, 5.74) is 3.52. The number of fused-ring (bicyclic) bond motifs is 1. The van der Waals surface area contributed by atoms with E-state index in [1.807, 2.05) is 29.2 Å². The van der Waals surface area contributed by atoms with Gasteiger partial charge in [0.15, 0.2) is 0 Å². The summed E-state index contributed by atoms with van der Waals surface area (Å²) in [6.07, 6.45) is 3.40. The fourth-order valence-electron chi connectivity index (χ4n) is 4.27. The van der Waals surface area contributed by atoms with E-state index in [0.29, 0.717) is 5.92 Å². The summed E-state index contributed by atoms with van der Waals surface area (Å²) in [6, 6.07) is 18.5. The topological polar surface area (TPSA) is 23.6 Å². The number of para-hydroxylation sites is 1. The van der Waals surface area contributed by atoms with Crippen LogP contribution in [-0.2, 0) is 4.79 Å². The number of anilines is 1. The minimum absolute atomic E-state index is 0.162. The van der Waals surface area contributed by atoms with Gasteiger partial charge in [0.25, 0.3) is 0 Å². The molecule has 0 radical (unpaired) electrons. The van der Waals surface area contributed by atoms with E-state index >= 15 is 0 Å². The summed E-state index contributed by atoms with van der Waals surface area (Å²) in [5, 5.41) is 0. The lowest BCUT2D eigenvalue weighted by molar-refractivity contribution is -0.123. The van der Waals surface area contributed by atoms with Gasteiger partial charge in [-0.3, -0.25) is 9.69 Å². The van der Waals surface area contributed by atoms with E-state index in [2.05, 4.69) is 42.2 Å². The predicted molar refractivity (Wildman–Crippen MR) is 102 cm³/mol. The number of hydrogen-bond acceptors (Lipinski definition) is 2. The number of rotatable bonds is 3. The van der Waals surface area contributed by atoms with Gasteiger partial charge in [0.1, 0.15) is 6.04 Å². The predicted octanol–water partition coefficient (Wildman–Crippen LogP) is 4.36. The van der Waals surface area contributed by atoms with E-state index < -0.39 is 0 Å². The Morgan fingerprint density at radius 3 is 2.40 bits per heavy atom. The van der Waals surface area contributed by atoms with Gasteiger partial charge in [-0.1, -0.05) is 55.5 Å². The molecule has 130 valence electrons. The van der Waals surface area contributed by atoms with Gasteiger partial charge in [-0.2, -0.15) is 0 Å². The standard InChI is InChI=1S/C22H26N2O/c1-17-13-16-24(20-12-6-5-11-19(17)20)22(25)21(23-14-7-8-15-23)18-9-3-2-4-10-18/h2-6,9-12,17,21H,7-8,13-16H2,1H3. The van der Waals surface area contributed by atoms with E-state index in [4.69, 9.17) is 0 Å². The molecule has 0 bridgehead atoms. The number of carbonyl (C=O) groups is 1. The Hall–Kier alpha value is -2.13. The van der Waals surface area contributed by atoms with E-state index in [0.717, 1.165) is 37.3 Å². The molecule has 2 aliphatic rings. The number of nitrogens with zero attached hydrogens (tertiary/aromatic N) is 2. The first kappa shape index (κ1) is 16.3. The van der Waals surface area contributed by atoms with Crippen LogP contribution in [0.2, 0.25) is 0 Å². The summed E-state index contributed by atoms with van der Waals surface area (Å²) in [6.45, 7) is 5.10. The Morgan fingerprint density at radius 2 is 1.64 bits per heavy atom. The lowest BCUT2D eigenvalue weighted by Gasteiger charge is -2.37. The van der Waals surface area contributed by atoms with Crippen LogP contribution in [0, 0.1) is 0 Å². The van der Waals surface area contributed by atoms with Crippen LogP contribution in [0.25, 0.3) is 0 Å². The third kappa shape index (κ3) is 3.09. The van der Waals surface area contributed by atoms with Crippen LogP contribution in [0.15, 0.2) is 54.6 Å². The molecular weight excluding hydrogens is 308 g/mol. The smallest absolute Gasteiger partial charge is 0.248 e. The molecule has 0 N–H and O–H groups in total. The third-order valence-corrected chi connectivity index (χ3v) is 5.67. The molecule has 2 aliphatic heterocycles. The third-order valence-electron chi connectivity index (χ3n) is 5.67. The molecule has 3 heteroatoms. The molecular formula is C22H26N2O. The van der Waals surface area contributed by atoms with Gasteiger partial charge in [0.2, 0.25) is 5.91 Å². The van der Waals surface area contributed by atoms with E-state index in [1.54, 1.807) is 0 Å². The van der Waals surface area contributed by atoms with Gasteiger partial charge >= 0.3 is 0 Å². The van der Waals surface area contributed by atoms with Crippen LogP contribution in [0.3, 0.4) is 0 Å². The van der Waals surface area contributed by atoms with Gasteiger partial charge in [-0.15, -0.1) is 0 Å². The zero-order valence-electron chi connectivity index (χ0n) is 14.9. The second-order valence-corrected chi connectivity index (χ2v) is 7.29. The largest absolute Gasteiger partial charge is 0.310 e. The number of benzene rings is 2. The molecule has 2 unspecified atom stereocenters. The molecule has 0 saturated carbocycles. The number of hydrogen-bond donors (Lipinski definition) is 0. The normalized spacial score (nSPS) is 21.8. The van der Waals surface area contributed by atoms with Gasteiger partial charge in [-0.05, 0) is 55.5 Å². The highest BCUT2D eigenvalue weighted by molar-refractivity contribution is 5.99. The first-order valence-electron chi connectivity index (χ1n) is 9.45. The molecule has 2 heterocycles. The molecule has 2 atom stereocenters. The van der Waals surface area contributed by atoms with Crippen molar-refractivity contribution in [1.82, 2.24) is 4.90 Å². The van der Waals surface area contributed by atoms with Crippen molar-refractivity contribution in [3.8, 4) is 0 Å². The molecule has 2 aromatic rings. The Kier molecular flexibility index (Phi) is 4.58. The minimum Gasteiger partial charge on any atom is -0.310 e. The fraction of sp³-hybridized carbons (Fsp3) is 0.409. The lowest BCUT2D eigenvalue weighted by Crippen LogP contribution is -2.44. The Bertz CT molecular complexity index is 737. The maximum absolute atomic E-state index is 13.6. The number of amides is 1. The zero-order chi connectivity index (χ0) is 17.2. The monoisotopic (exact) mass is 334 g/mol. The Labute approximate surface area is 150 Å². The van der Waals surface area contributed by atoms with Gasteiger partial charge in [-0.25, -0.2) is 0 Å². The highest BCUT2D eigenvalue weighted by atomic mass is 16.2.